The molecule has 1 heterocycles. The molecule has 0 bridgehead atoms. The van der Waals surface area contributed by atoms with E-state index in [2.05, 4.69) is 17.1 Å². The lowest BCUT2D eigenvalue weighted by Crippen LogP contribution is -2.40. The van der Waals surface area contributed by atoms with Crippen LogP contribution in [0.25, 0.3) is 0 Å². The Labute approximate surface area is 112 Å². The first-order chi connectivity index (χ1) is 8.37. The van der Waals surface area contributed by atoms with Crippen LogP contribution in [0, 0.1) is 5.92 Å². The first kappa shape index (κ1) is 15.9. The van der Waals surface area contributed by atoms with Gasteiger partial charge in [-0.15, -0.1) is 0 Å². The Balaban J connectivity index is 2.17. The molecule has 1 fully saturated rings. The van der Waals surface area contributed by atoms with E-state index in [4.69, 9.17) is 0 Å². The van der Waals surface area contributed by atoms with Crippen molar-refractivity contribution in [2.24, 2.45) is 5.92 Å². The third-order valence-corrected chi connectivity index (χ3v) is 4.49. The second-order valence-electron chi connectivity index (χ2n) is 5.87. The molecular formula is C13H28N2O2S. The number of likely N-dealkylation sites (tertiary alicyclic amines) is 1. The Hall–Kier alpha value is -0.130. The highest BCUT2D eigenvalue weighted by molar-refractivity contribution is 7.90. The fourth-order valence-electron chi connectivity index (χ4n) is 2.56. The monoisotopic (exact) mass is 276 g/mol. The summed E-state index contributed by atoms with van der Waals surface area (Å²) in [5.74, 6) is 0.800. The zero-order valence-electron chi connectivity index (χ0n) is 12.0. The Bertz CT molecular complexity index is 324. The van der Waals surface area contributed by atoms with Gasteiger partial charge in [0.05, 0.1) is 5.75 Å². The molecule has 0 spiro atoms. The van der Waals surface area contributed by atoms with Crippen molar-refractivity contribution in [1.29, 1.82) is 0 Å². The summed E-state index contributed by atoms with van der Waals surface area (Å²) in [7, 11) is -2.87. The van der Waals surface area contributed by atoms with Gasteiger partial charge in [0.2, 0.25) is 0 Å². The Morgan fingerprint density at radius 2 is 1.78 bits per heavy atom. The molecule has 0 radical (unpaired) electrons. The number of rotatable bonds is 7. The molecule has 0 saturated carbocycles. The summed E-state index contributed by atoms with van der Waals surface area (Å²) in [6.45, 7) is 8.64. The predicted octanol–water partition coefficient (Wildman–Crippen LogP) is 1.13. The highest BCUT2D eigenvalue weighted by atomic mass is 32.2. The largest absolute Gasteiger partial charge is 0.313 e. The lowest BCUT2D eigenvalue weighted by Gasteiger charge is -2.29. The van der Waals surface area contributed by atoms with Gasteiger partial charge in [0, 0.05) is 18.8 Å². The molecule has 18 heavy (non-hydrogen) atoms. The minimum atomic E-state index is -2.87. The molecule has 1 aliphatic rings. The fraction of sp³-hybridized carbons (Fsp3) is 1.00. The Morgan fingerprint density at radius 1 is 1.17 bits per heavy atom. The highest BCUT2D eigenvalue weighted by Crippen LogP contribution is 2.10. The van der Waals surface area contributed by atoms with E-state index >= 15 is 0 Å². The third kappa shape index (κ3) is 7.34. The van der Waals surface area contributed by atoms with Crippen LogP contribution < -0.4 is 5.32 Å². The van der Waals surface area contributed by atoms with E-state index in [1.54, 1.807) is 0 Å². The molecule has 4 nitrogen and oxygen atoms in total. The second-order valence-corrected chi connectivity index (χ2v) is 8.05. The van der Waals surface area contributed by atoms with Gasteiger partial charge in [0.15, 0.2) is 0 Å². The van der Waals surface area contributed by atoms with E-state index in [1.165, 1.54) is 38.6 Å². The number of nitrogens with one attached hydrogen (secondary N) is 1. The van der Waals surface area contributed by atoms with Crippen LogP contribution in [0.5, 0.6) is 0 Å². The van der Waals surface area contributed by atoms with E-state index < -0.39 is 9.84 Å². The summed E-state index contributed by atoms with van der Waals surface area (Å²) in [5, 5.41) is 3.32. The molecule has 1 rings (SSSR count). The van der Waals surface area contributed by atoms with E-state index in [0.717, 1.165) is 13.1 Å². The van der Waals surface area contributed by atoms with Crippen molar-refractivity contribution in [3.8, 4) is 0 Å². The lowest BCUT2D eigenvalue weighted by atomic mass is 10.1. The van der Waals surface area contributed by atoms with Gasteiger partial charge < -0.3 is 10.2 Å². The third-order valence-electron chi connectivity index (χ3n) is 3.39. The van der Waals surface area contributed by atoms with Crippen LogP contribution in [0.15, 0.2) is 0 Å². The van der Waals surface area contributed by atoms with E-state index in [9.17, 15) is 8.42 Å². The molecule has 1 aliphatic heterocycles. The average Bonchev–Trinajstić information content (AvgIpc) is 2.25. The maximum atomic E-state index is 11.2. The van der Waals surface area contributed by atoms with Gasteiger partial charge in [-0.25, -0.2) is 8.42 Å². The normalized spacial score (nSPS) is 21.7. The van der Waals surface area contributed by atoms with Crippen molar-refractivity contribution in [2.45, 2.75) is 39.2 Å². The van der Waals surface area contributed by atoms with Gasteiger partial charge in [-0.2, -0.15) is 0 Å². The molecule has 0 aromatic rings. The Morgan fingerprint density at radius 3 is 2.33 bits per heavy atom. The quantitative estimate of drug-likeness (QED) is 0.757. The fourth-order valence-corrected chi connectivity index (χ4v) is 3.59. The molecule has 2 unspecified atom stereocenters. The summed E-state index contributed by atoms with van der Waals surface area (Å²) in [5.41, 5.74) is 0. The van der Waals surface area contributed by atoms with Crippen molar-refractivity contribution in [2.75, 3.05) is 38.2 Å². The summed E-state index contributed by atoms with van der Waals surface area (Å²) in [6, 6.07) is 0.0452. The molecule has 0 amide bonds. The van der Waals surface area contributed by atoms with E-state index in [1.807, 2.05) is 6.92 Å². The Kier molecular flexibility index (Phi) is 6.60. The molecule has 0 aromatic heterocycles. The van der Waals surface area contributed by atoms with Gasteiger partial charge in [0.25, 0.3) is 0 Å². The highest BCUT2D eigenvalue weighted by Gasteiger charge is 2.15. The van der Waals surface area contributed by atoms with Gasteiger partial charge in [-0.1, -0.05) is 13.3 Å². The maximum Gasteiger partial charge on any atom is 0.148 e. The maximum absolute atomic E-state index is 11.2. The summed E-state index contributed by atoms with van der Waals surface area (Å²) in [6.07, 6.45) is 5.31. The number of hydrogen-bond acceptors (Lipinski definition) is 4. The number of nitrogens with zero attached hydrogens (tertiary/aromatic N) is 1. The SMILES string of the molecule is CC(CNC(C)CS(C)(=O)=O)CN1CCCCC1. The first-order valence-electron chi connectivity index (χ1n) is 7.00. The van der Waals surface area contributed by atoms with Gasteiger partial charge in [-0.3, -0.25) is 0 Å². The zero-order valence-corrected chi connectivity index (χ0v) is 12.8. The van der Waals surface area contributed by atoms with Crippen molar-refractivity contribution >= 4 is 9.84 Å². The lowest BCUT2D eigenvalue weighted by molar-refractivity contribution is 0.198. The van der Waals surface area contributed by atoms with Crippen molar-refractivity contribution in [1.82, 2.24) is 10.2 Å². The zero-order chi connectivity index (χ0) is 13.6. The standard InChI is InChI=1S/C13H28N2O2S/c1-12(10-15-7-5-4-6-8-15)9-14-13(2)11-18(3,16)17/h12-14H,4-11H2,1-3H3. The number of hydrogen-bond donors (Lipinski definition) is 1. The van der Waals surface area contributed by atoms with Gasteiger partial charge >= 0.3 is 0 Å². The topological polar surface area (TPSA) is 49.4 Å². The van der Waals surface area contributed by atoms with Crippen LogP contribution in [-0.2, 0) is 9.84 Å². The molecule has 0 aromatic carbocycles. The number of sulfone groups is 1. The summed E-state index contributed by atoms with van der Waals surface area (Å²) >= 11 is 0. The number of piperidine rings is 1. The van der Waals surface area contributed by atoms with Crippen LogP contribution in [-0.4, -0.2) is 57.5 Å². The van der Waals surface area contributed by atoms with Crippen LogP contribution in [0.4, 0.5) is 0 Å². The average molecular weight is 276 g/mol. The van der Waals surface area contributed by atoms with Gasteiger partial charge in [-0.05, 0) is 45.3 Å². The van der Waals surface area contributed by atoms with E-state index in [-0.39, 0.29) is 11.8 Å². The van der Waals surface area contributed by atoms with Crippen LogP contribution in [0.1, 0.15) is 33.1 Å². The minimum absolute atomic E-state index is 0.0452. The van der Waals surface area contributed by atoms with Crippen LogP contribution >= 0.6 is 0 Å². The molecule has 1 N–H and O–H groups in total. The molecule has 5 heteroatoms. The smallest absolute Gasteiger partial charge is 0.148 e. The summed E-state index contributed by atoms with van der Waals surface area (Å²) in [4.78, 5) is 2.52. The molecule has 1 saturated heterocycles. The van der Waals surface area contributed by atoms with Crippen molar-refractivity contribution in [3.05, 3.63) is 0 Å². The minimum Gasteiger partial charge on any atom is -0.313 e. The van der Waals surface area contributed by atoms with Crippen LogP contribution in [0.2, 0.25) is 0 Å². The molecule has 108 valence electrons. The predicted molar refractivity (Wildman–Crippen MR) is 76.6 cm³/mol. The molecule has 2 atom stereocenters. The van der Waals surface area contributed by atoms with Gasteiger partial charge in [0.1, 0.15) is 9.84 Å². The molecular weight excluding hydrogens is 248 g/mol. The first-order valence-corrected chi connectivity index (χ1v) is 9.06. The van der Waals surface area contributed by atoms with E-state index in [0.29, 0.717) is 5.92 Å². The van der Waals surface area contributed by atoms with Crippen molar-refractivity contribution in [3.63, 3.8) is 0 Å². The second kappa shape index (κ2) is 7.46. The van der Waals surface area contributed by atoms with Crippen molar-refractivity contribution < 1.29 is 8.42 Å². The molecule has 0 aliphatic carbocycles. The summed E-state index contributed by atoms with van der Waals surface area (Å²) < 4.78 is 22.3. The van der Waals surface area contributed by atoms with Crippen LogP contribution in [0.3, 0.4) is 0 Å².